The van der Waals surface area contributed by atoms with Crippen LogP contribution in [0.3, 0.4) is 0 Å². The zero-order valence-electron chi connectivity index (χ0n) is 16.9. The third-order valence-electron chi connectivity index (χ3n) is 6.56. The van der Waals surface area contributed by atoms with Gasteiger partial charge in [0.15, 0.2) is 0 Å². The number of carbonyl (C=O) groups excluding carboxylic acids is 1. The molecule has 1 N–H and O–H groups in total. The van der Waals surface area contributed by atoms with Crippen molar-refractivity contribution >= 4 is 11.6 Å². The largest absolute Gasteiger partial charge is 0.495 e. The van der Waals surface area contributed by atoms with E-state index in [2.05, 4.69) is 41.4 Å². The number of hydrogen-bond donors (Lipinski definition) is 1. The van der Waals surface area contributed by atoms with E-state index in [4.69, 9.17) is 4.74 Å². The Bertz CT molecular complexity index is 823. The van der Waals surface area contributed by atoms with Crippen LogP contribution in [0.2, 0.25) is 0 Å². The number of carbonyl (C=O) groups is 1. The number of hydrogen-bond acceptors (Lipinski definition) is 3. The average Bonchev–Trinajstić information content (AvgIpc) is 3.44. The second kappa shape index (κ2) is 7.96. The number of anilines is 1. The van der Waals surface area contributed by atoms with Crippen LogP contribution >= 0.6 is 0 Å². The summed E-state index contributed by atoms with van der Waals surface area (Å²) in [6.07, 6.45) is 4.34. The zero-order valence-corrected chi connectivity index (χ0v) is 16.9. The van der Waals surface area contributed by atoms with Crippen LogP contribution < -0.4 is 10.1 Å². The van der Waals surface area contributed by atoms with Gasteiger partial charge in [-0.15, -0.1) is 0 Å². The number of nitrogens with one attached hydrogen (secondary N) is 1. The van der Waals surface area contributed by atoms with Crippen molar-refractivity contribution in [2.24, 2.45) is 11.3 Å². The summed E-state index contributed by atoms with van der Waals surface area (Å²) in [5, 5.41) is 3.08. The highest BCUT2D eigenvalue weighted by Crippen LogP contribution is 2.59. The molecule has 28 heavy (non-hydrogen) atoms. The number of benzene rings is 2. The number of nitrogens with zero attached hydrogens (tertiary/aromatic N) is 1. The molecule has 2 aromatic carbocycles. The van der Waals surface area contributed by atoms with Crippen molar-refractivity contribution in [2.75, 3.05) is 25.5 Å². The van der Waals surface area contributed by atoms with Gasteiger partial charge in [-0.05, 0) is 67.4 Å². The van der Waals surface area contributed by atoms with E-state index in [1.165, 1.54) is 11.1 Å². The summed E-state index contributed by atoms with van der Waals surface area (Å²) >= 11 is 0. The zero-order chi connectivity index (χ0) is 19.6. The molecule has 2 aliphatic rings. The lowest BCUT2D eigenvalue weighted by Gasteiger charge is -2.32. The van der Waals surface area contributed by atoms with Crippen LogP contribution in [0, 0.1) is 11.3 Å². The first kappa shape index (κ1) is 19.0. The SMILES string of the molecule is CCc1ccc(CN2CCC3(CC2)C[C@@H]3C(=O)Nc2ccccc2OC)cc1. The third-order valence-corrected chi connectivity index (χ3v) is 6.56. The smallest absolute Gasteiger partial charge is 0.228 e. The van der Waals surface area contributed by atoms with E-state index in [0.717, 1.165) is 56.8 Å². The summed E-state index contributed by atoms with van der Waals surface area (Å²) in [5.41, 5.74) is 3.76. The molecule has 1 heterocycles. The summed E-state index contributed by atoms with van der Waals surface area (Å²) in [7, 11) is 1.63. The number of amides is 1. The molecular weight excluding hydrogens is 348 g/mol. The molecule has 1 atom stereocenters. The van der Waals surface area contributed by atoms with Gasteiger partial charge in [0.05, 0.1) is 12.8 Å². The number of piperidine rings is 1. The standard InChI is InChI=1S/C24H30N2O2/c1-3-18-8-10-19(11-9-18)17-26-14-12-24(13-15-26)16-20(24)23(27)25-21-6-4-5-7-22(21)28-2/h4-11,20H,3,12-17H2,1-2H3,(H,25,27)/t20-/m1/s1. The second-order valence-electron chi connectivity index (χ2n) is 8.25. The molecule has 1 aliphatic carbocycles. The highest BCUT2D eigenvalue weighted by Gasteiger charge is 2.58. The Hall–Kier alpha value is -2.33. The van der Waals surface area contributed by atoms with E-state index < -0.39 is 0 Å². The van der Waals surface area contributed by atoms with E-state index in [0.29, 0.717) is 0 Å². The molecule has 1 amide bonds. The highest BCUT2D eigenvalue weighted by atomic mass is 16.5. The van der Waals surface area contributed by atoms with Gasteiger partial charge in [-0.25, -0.2) is 0 Å². The topological polar surface area (TPSA) is 41.6 Å². The third kappa shape index (κ3) is 3.93. The Morgan fingerprint density at radius 2 is 1.79 bits per heavy atom. The first-order chi connectivity index (χ1) is 13.6. The molecule has 4 nitrogen and oxygen atoms in total. The van der Waals surface area contributed by atoms with Gasteiger partial charge in [0.1, 0.15) is 5.75 Å². The summed E-state index contributed by atoms with van der Waals surface area (Å²) < 4.78 is 5.35. The lowest BCUT2D eigenvalue weighted by atomic mass is 9.90. The number of para-hydroxylation sites is 2. The van der Waals surface area contributed by atoms with Crippen LogP contribution in [0.5, 0.6) is 5.75 Å². The lowest BCUT2D eigenvalue weighted by Crippen LogP contribution is -2.35. The van der Waals surface area contributed by atoms with Crippen molar-refractivity contribution in [1.29, 1.82) is 0 Å². The molecule has 1 spiro atoms. The Balaban J connectivity index is 1.29. The van der Waals surface area contributed by atoms with Crippen molar-refractivity contribution in [1.82, 2.24) is 4.90 Å². The van der Waals surface area contributed by atoms with Gasteiger partial charge in [0.2, 0.25) is 5.91 Å². The van der Waals surface area contributed by atoms with Crippen LogP contribution in [0.15, 0.2) is 48.5 Å². The first-order valence-corrected chi connectivity index (χ1v) is 10.4. The Labute approximate surface area is 167 Å². The molecule has 0 bridgehead atoms. The summed E-state index contributed by atoms with van der Waals surface area (Å²) in [6, 6.07) is 16.6. The number of aryl methyl sites for hydroxylation is 1. The predicted octanol–water partition coefficient (Wildman–Crippen LogP) is 4.50. The maximum atomic E-state index is 12.8. The summed E-state index contributed by atoms with van der Waals surface area (Å²) in [6.45, 7) is 5.36. The summed E-state index contributed by atoms with van der Waals surface area (Å²) in [5.74, 6) is 1.01. The summed E-state index contributed by atoms with van der Waals surface area (Å²) in [4.78, 5) is 15.3. The molecule has 0 radical (unpaired) electrons. The van der Waals surface area contributed by atoms with Crippen LogP contribution in [0.1, 0.15) is 37.3 Å². The molecule has 148 valence electrons. The fraction of sp³-hybridized carbons (Fsp3) is 0.458. The van der Waals surface area contributed by atoms with Crippen LogP contribution in [-0.4, -0.2) is 31.0 Å². The van der Waals surface area contributed by atoms with Gasteiger partial charge in [-0.1, -0.05) is 43.3 Å². The maximum absolute atomic E-state index is 12.8. The van der Waals surface area contributed by atoms with E-state index in [-0.39, 0.29) is 17.2 Å². The fourth-order valence-corrected chi connectivity index (χ4v) is 4.53. The van der Waals surface area contributed by atoms with Crippen molar-refractivity contribution in [3.63, 3.8) is 0 Å². The van der Waals surface area contributed by atoms with Crippen molar-refractivity contribution in [3.05, 3.63) is 59.7 Å². The van der Waals surface area contributed by atoms with E-state index >= 15 is 0 Å². The predicted molar refractivity (Wildman–Crippen MR) is 112 cm³/mol. The Morgan fingerprint density at radius 3 is 2.46 bits per heavy atom. The van der Waals surface area contributed by atoms with Gasteiger partial charge in [-0.2, -0.15) is 0 Å². The molecule has 1 saturated carbocycles. The molecule has 1 aliphatic heterocycles. The quantitative estimate of drug-likeness (QED) is 0.805. The number of likely N-dealkylation sites (tertiary alicyclic amines) is 1. The molecule has 0 aromatic heterocycles. The molecule has 2 fully saturated rings. The van der Waals surface area contributed by atoms with Gasteiger partial charge in [0, 0.05) is 12.5 Å². The minimum Gasteiger partial charge on any atom is -0.495 e. The fourth-order valence-electron chi connectivity index (χ4n) is 4.53. The second-order valence-corrected chi connectivity index (χ2v) is 8.25. The van der Waals surface area contributed by atoms with Gasteiger partial charge in [-0.3, -0.25) is 9.69 Å². The molecular formula is C24H30N2O2. The van der Waals surface area contributed by atoms with Gasteiger partial charge >= 0.3 is 0 Å². The molecule has 2 aromatic rings. The highest BCUT2D eigenvalue weighted by molar-refractivity contribution is 5.96. The van der Waals surface area contributed by atoms with Crippen LogP contribution in [0.25, 0.3) is 0 Å². The average molecular weight is 379 g/mol. The Kier molecular flexibility index (Phi) is 5.40. The van der Waals surface area contributed by atoms with Crippen molar-refractivity contribution in [2.45, 2.75) is 39.2 Å². The number of rotatable bonds is 6. The molecule has 0 unspecified atom stereocenters. The minimum atomic E-state index is 0.142. The van der Waals surface area contributed by atoms with Crippen molar-refractivity contribution < 1.29 is 9.53 Å². The molecule has 4 rings (SSSR count). The molecule has 4 heteroatoms. The maximum Gasteiger partial charge on any atom is 0.228 e. The Morgan fingerprint density at radius 1 is 1.11 bits per heavy atom. The van der Waals surface area contributed by atoms with E-state index in [9.17, 15) is 4.79 Å². The molecule has 1 saturated heterocycles. The minimum absolute atomic E-state index is 0.142. The monoisotopic (exact) mass is 378 g/mol. The van der Waals surface area contributed by atoms with Gasteiger partial charge in [0.25, 0.3) is 0 Å². The van der Waals surface area contributed by atoms with E-state index in [1.54, 1.807) is 7.11 Å². The number of methoxy groups -OCH3 is 1. The van der Waals surface area contributed by atoms with E-state index in [1.807, 2.05) is 24.3 Å². The number of ether oxygens (including phenoxy) is 1. The lowest BCUT2D eigenvalue weighted by molar-refractivity contribution is -0.118. The first-order valence-electron chi connectivity index (χ1n) is 10.4. The van der Waals surface area contributed by atoms with Crippen LogP contribution in [0.4, 0.5) is 5.69 Å². The van der Waals surface area contributed by atoms with Crippen molar-refractivity contribution in [3.8, 4) is 5.75 Å². The van der Waals surface area contributed by atoms with Gasteiger partial charge < -0.3 is 10.1 Å². The van der Waals surface area contributed by atoms with Crippen LogP contribution in [-0.2, 0) is 17.8 Å². The normalized spacial score (nSPS) is 20.7.